The quantitative estimate of drug-likeness (QED) is 0.778. The maximum Gasteiger partial charge on any atom is 0.256 e. The summed E-state index contributed by atoms with van der Waals surface area (Å²) in [6.07, 6.45) is 1.01. The van der Waals surface area contributed by atoms with Crippen LogP contribution in [0.15, 0.2) is 0 Å². The van der Waals surface area contributed by atoms with Crippen LogP contribution in [-0.4, -0.2) is 18.5 Å². The van der Waals surface area contributed by atoms with Crippen LogP contribution in [0.25, 0.3) is 0 Å². The molecule has 0 spiro atoms. The molecule has 1 N–H and O–H groups in total. The summed E-state index contributed by atoms with van der Waals surface area (Å²) in [6.45, 7) is 9.03. The van der Waals surface area contributed by atoms with E-state index in [1.807, 2.05) is 13.8 Å². The Morgan fingerprint density at radius 2 is 1.94 bits per heavy atom. The Morgan fingerprint density at radius 1 is 1.31 bits per heavy atom. The van der Waals surface area contributed by atoms with Crippen LogP contribution >= 0.6 is 0 Å². The lowest BCUT2D eigenvalue weighted by molar-refractivity contribution is -0.0486. The molecular formula is C13H25F2N. The van der Waals surface area contributed by atoms with Gasteiger partial charge in [-0.15, -0.1) is 0 Å². The summed E-state index contributed by atoms with van der Waals surface area (Å²) >= 11 is 0. The van der Waals surface area contributed by atoms with Crippen molar-refractivity contribution in [3.63, 3.8) is 0 Å². The number of rotatable bonds is 4. The first-order valence-corrected chi connectivity index (χ1v) is 6.37. The van der Waals surface area contributed by atoms with E-state index in [2.05, 4.69) is 19.2 Å². The molecule has 1 nitrogen and oxygen atoms in total. The molecule has 0 aromatic rings. The predicted molar refractivity (Wildman–Crippen MR) is 63.8 cm³/mol. The maximum absolute atomic E-state index is 13.3. The van der Waals surface area contributed by atoms with Crippen LogP contribution in [0, 0.1) is 11.3 Å². The van der Waals surface area contributed by atoms with Crippen molar-refractivity contribution in [2.75, 3.05) is 6.54 Å². The molecule has 0 radical (unpaired) electrons. The van der Waals surface area contributed by atoms with Gasteiger partial charge in [0.05, 0.1) is 5.54 Å². The van der Waals surface area contributed by atoms with Gasteiger partial charge in [-0.05, 0) is 43.6 Å². The van der Waals surface area contributed by atoms with E-state index in [9.17, 15) is 8.78 Å². The summed E-state index contributed by atoms with van der Waals surface area (Å²) in [5, 5.41) is 3.12. The van der Waals surface area contributed by atoms with E-state index in [1.165, 1.54) is 0 Å². The first kappa shape index (κ1) is 13.9. The molecular weight excluding hydrogens is 208 g/mol. The van der Waals surface area contributed by atoms with Crippen molar-refractivity contribution < 1.29 is 8.78 Å². The summed E-state index contributed by atoms with van der Waals surface area (Å²) in [5.74, 6) is 0.0443. The molecule has 0 saturated heterocycles. The van der Waals surface area contributed by atoms with E-state index in [0.29, 0.717) is 13.0 Å². The lowest BCUT2D eigenvalue weighted by Gasteiger charge is -2.48. The van der Waals surface area contributed by atoms with Crippen LogP contribution < -0.4 is 5.32 Å². The third kappa shape index (κ3) is 2.73. The molecule has 0 bridgehead atoms. The molecule has 1 saturated carbocycles. The number of nitrogens with one attached hydrogen (secondary N) is 1. The van der Waals surface area contributed by atoms with E-state index in [0.717, 1.165) is 19.3 Å². The molecule has 0 aromatic carbocycles. The molecule has 0 aliphatic heterocycles. The fourth-order valence-electron chi connectivity index (χ4n) is 2.93. The molecule has 96 valence electrons. The van der Waals surface area contributed by atoms with E-state index in [-0.39, 0.29) is 11.3 Å². The van der Waals surface area contributed by atoms with Gasteiger partial charge in [-0.3, -0.25) is 0 Å². The van der Waals surface area contributed by atoms with Crippen LogP contribution in [0.1, 0.15) is 53.4 Å². The predicted octanol–water partition coefficient (Wildman–Crippen LogP) is 3.84. The zero-order chi connectivity index (χ0) is 12.4. The van der Waals surface area contributed by atoms with Crippen molar-refractivity contribution in [2.24, 2.45) is 11.3 Å². The maximum atomic E-state index is 13.3. The van der Waals surface area contributed by atoms with Gasteiger partial charge in [-0.2, -0.15) is 0 Å². The second-order valence-electron chi connectivity index (χ2n) is 6.04. The van der Waals surface area contributed by atoms with Gasteiger partial charge in [0, 0.05) is 0 Å². The fraction of sp³-hybridized carbons (Fsp3) is 1.00. The second kappa shape index (κ2) is 4.99. The van der Waals surface area contributed by atoms with Crippen molar-refractivity contribution in [3.8, 4) is 0 Å². The highest BCUT2D eigenvalue weighted by Crippen LogP contribution is 2.46. The Balaban J connectivity index is 2.78. The van der Waals surface area contributed by atoms with E-state index < -0.39 is 12.0 Å². The lowest BCUT2D eigenvalue weighted by atomic mass is 9.64. The van der Waals surface area contributed by atoms with Crippen LogP contribution in [0.4, 0.5) is 8.78 Å². The van der Waals surface area contributed by atoms with Crippen molar-refractivity contribution in [3.05, 3.63) is 0 Å². The molecule has 1 rings (SSSR count). The highest BCUT2D eigenvalue weighted by molar-refractivity contribution is 5.01. The summed E-state index contributed by atoms with van der Waals surface area (Å²) in [5.41, 5.74) is -0.725. The van der Waals surface area contributed by atoms with E-state index >= 15 is 0 Å². The number of hydrogen-bond donors (Lipinski definition) is 1. The normalized spacial score (nSPS) is 34.3. The first-order valence-electron chi connectivity index (χ1n) is 6.37. The molecule has 0 amide bonds. The lowest BCUT2D eigenvalue weighted by Crippen LogP contribution is -2.59. The molecule has 0 aromatic heterocycles. The third-order valence-electron chi connectivity index (χ3n) is 4.05. The Hall–Kier alpha value is -0.180. The van der Waals surface area contributed by atoms with Crippen LogP contribution in [0.2, 0.25) is 0 Å². The molecule has 1 aliphatic carbocycles. The van der Waals surface area contributed by atoms with Gasteiger partial charge in [0.25, 0.3) is 6.43 Å². The monoisotopic (exact) mass is 233 g/mol. The van der Waals surface area contributed by atoms with Crippen molar-refractivity contribution in [2.45, 2.75) is 65.3 Å². The van der Waals surface area contributed by atoms with Gasteiger partial charge in [0.1, 0.15) is 0 Å². The number of halogens is 2. The average molecular weight is 233 g/mol. The van der Waals surface area contributed by atoms with E-state index in [1.54, 1.807) is 0 Å². The zero-order valence-corrected chi connectivity index (χ0v) is 10.9. The summed E-state index contributed by atoms with van der Waals surface area (Å²) in [6, 6.07) is 0. The van der Waals surface area contributed by atoms with Gasteiger partial charge >= 0.3 is 0 Å². The summed E-state index contributed by atoms with van der Waals surface area (Å²) < 4.78 is 26.7. The van der Waals surface area contributed by atoms with E-state index in [4.69, 9.17) is 0 Å². The van der Waals surface area contributed by atoms with Gasteiger partial charge in [-0.25, -0.2) is 8.78 Å². The van der Waals surface area contributed by atoms with Crippen LogP contribution in [0.3, 0.4) is 0 Å². The molecule has 1 aliphatic rings. The zero-order valence-electron chi connectivity index (χ0n) is 10.9. The first-order chi connectivity index (χ1) is 7.34. The molecule has 1 fully saturated rings. The Labute approximate surface area is 98.0 Å². The highest BCUT2D eigenvalue weighted by Gasteiger charge is 2.49. The molecule has 2 unspecified atom stereocenters. The topological polar surface area (TPSA) is 12.0 Å². The average Bonchev–Trinajstić information content (AvgIpc) is 2.15. The smallest absolute Gasteiger partial charge is 0.256 e. The third-order valence-corrected chi connectivity index (χ3v) is 4.05. The van der Waals surface area contributed by atoms with Crippen molar-refractivity contribution in [1.29, 1.82) is 0 Å². The standard InChI is InChI=1S/C13H25F2N/c1-5-8-16-13(11(14)15)7-6-12(3,4)9-10(13)2/h10-11,16H,5-9H2,1-4H3. The Bertz CT molecular complexity index is 228. The minimum Gasteiger partial charge on any atom is -0.306 e. The van der Waals surface area contributed by atoms with Crippen LogP contribution in [0.5, 0.6) is 0 Å². The number of hydrogen-bond acceptors (Lipinski definition) is 1. The summed E-state index contributed by atoms with van der Waals surface area (Å²) in [7, 11) is 0. The van der Waals surface area contributed by atoms with Gasteiger partial charge in [0.15, 0.2) is 0 Å². The molecule has 2 atom stereocenters. The SMILES string of the molecule is CCCNC1(C(F)F)CCC(C)(C)CC1C. The van der Waals surface area contributed by atoms with Crippen molar-refractivity contribution >= 4 is 0 Å². The van der Waals surface area contributed by atoms with Crippen LogP contribution in [-0.2, 0) is 0 Å². The van der Waals surface area contributed by atoms with Gasteiger partial charge in [0.2, 0.25) is 0 Å². The van der Waals surface area contributed by atoms with Gasteiger partial charge in [-0.1, -0.05) is 27.7 Å². The fourth-order valence-corrected chi connectivity index (χ4v) is 2.93. The molecule has 0 heterocycles. The minimum absolute atomic E-state index is 0.0443. The molecule has 16 heavy (non-hydrogen) atoms. The second-order valence-corrected chi connectivity index (χ2v) is 6.04. The Kier molecular flexibility index (Phi) is 4.33. The summed E-state index contributed by atoms with van der Waals surface area (Å²) in [4.78, 5) is 0. The molecule has 3 heteroatoms. The number of alkyl halides is 2. The van der Waals surface area contributed by atoms with Crippen molar-refractivity contribution in [1.82, 2.24) is 5.32 Å². The Morgan fingerprint density at radius 3 is 2.38 bits per heavy atom. The van der Waals surface area contributed by atoms with Gasteiger partial charge < -0.3 is 5.32 Å². The highest BCUT2D eigenvalue weighted by atomic mass is 19.3. The minimum atomic E-state index is -2.26. The largest absolute Gasteiger partial charge is 0.306 e.